The van der Waals surface area contributed by atoms with E-state index in [1.165, 1.54) is 0 Å². The predicted octanol–water partition coefficient (Wildman–Crippen LogP) is 5.01. The van der Waals surface area contributed by atoms with Crippen LogP contribution in [0.5, 0.6) is 5.75 Å². The second kappa shape index (κ2) is 12.7. The number of methoxy groups -OCH3 is 1. The van der Waals surface area contributed by atoms with Crippen molar-refractivity contribution in [3.05, 3.63) is 76.1 Å². The Morgan fingerprint density at radius 2 is 1.95 bits per heavy atom. The Kier molecular flexibility index (Phi) is 8.85. The highest BCUT2D eigenvalue weighted by Crippen LogP contribution is 2.35. The van der Waals surface area contributed by atoms with Gasteiger partial charge >= 0.3 is 0 Å². The third kappa shape index (κ3) is 6.36. The molecule has 1 saturated heterocycles. The molecule has 0 atom stereocenters. The first kappa shape index (κ1) is 28.6. The molecule has 0 bridgehead atoms. The largest absolute Gasteiger partial charge is 0.495 e. The molecule has 1 aromatic heterocycles. The van der Waals surface area contributed by atoms with Gasteiger partial charge in [-0.2, -0.15) is 0 Å². The van der Waals surface area contributed by atoms with Gasteiger partial charge in [0.1, 0.15) is 5.75 Å². The van der Waals surface area contributed by atoms with Crippen LogP contribution in [0.3, 0.4) is 0 Å². The van der Waals surface area contributed by atoms with E-state index < -0.39 is 0 Å². The molecule has 4 N–H and O–H groups in total. The van der Waals surface area contributed by atoms with Crippen LogP contribution < -0.4 is 20.7 Å². The first-order valence-corrected chi connectivity index (χ1v) is 14.3. The number of rotatable bonds is 8. The fourth-order valence-corrected chi connectivity index (χ4v) is 5.61. The van der Waals surface area contributed by atoms with E-state index in [-0.39, 0.29) is 5.91 Å². The number of allylic oxidation sites excluding steroid dienone is 1. The Morgan fingerprint density at radius 1 is 1.17 bits per heavy atom. The number of anilines is 2. The van der Waals surface area contributed by atoms with Crippen molar-refractivity contribution in [3.8, 4) is 5.75 Å². The van der Waals surface area contributed by atoms with Gasteiger partial charge in [0.05, 0.1) is 24.2 Å². The van der Waals surface area contributed by atoms with Gasteiger partial charge in [0, 0.05) is 47.2 Å². The zero-order valence-corrected chi connectivity index (χ0v) is 24.4. The van der Waals surface area contributed by atoms with Crippen LogP contribution in [0.25, 0.3) is 11.3 Å². The van der Waals surface area contributed by atoms with Gasteiger partial charge in [-0.25, -0.2) is 9.97 Å². The number of carbonyl (C=O) groups is 1. The number of aryl methyl sites for hydroxylation is 1. The molecule has 41 heavy (non-hydrogen) atoms. The van der Waals surface area contributed by atoms with E-state index >= 15 is 0 Å². The molecule has 0 unspecified atom stereocenters. The fraction of sp³-hybridized carbons (Fsp3) is 0.355. The number of nitrogens with zero attached hydrogens (tertiary/aromatic N) is 3. The van der Waals surface area contributed by atoms with Crippen molar-refractivity contribution in [3.63, 3.8) is 0 Å². The van der Waals surface area contributed by atoms with Gasteiger partial charge < -0.3 is 31.0 Å². The number of fused-ring (bicyclic) bond motifs is 1. The first-order valence-electron chi connectivity index (χ1n) is 13.9. The number of nitrogens with one attached hydrogen (secondary N) is 4. The molecule has 10 heteroatoms. The Morgan fingerprint density at radius 3 is 2.68 bits per heavy atom. The van der Waals surface area contributed by atoms with Crippen LogP contribution in [0.2, 0.25) is 5.02 Å². The summed E-state index contributed by atoms with van der Waals surface area (Å²) in [4.78, 5) is 24.6. The number of benzene rings is 2. The standard InChI is InChI=1S/C31H36ClN7O2/c1-34-29(22-6-4-5-7-23(22)32)27-24(33)10-8-21-18-36-31(38-28(21)27)37-25-11-9-20(16-26(25)41-3)30(40)35-17-19-12-14-39(2)15-13-19/h4-7,9,11,16,18-19,33-34H,8,10,12-15,17H2,1-3H3,(H,35,40)(H,36,37,38)/b29-27+,33-24?. The Bertz CT molecular complexity index is 1480. The Labute approximate surface area is 245 Å². The third-order valence-corrected chi connectivity index (χ3v) is 8.12. The number of aromatic nitrogens is 2. The highest BCUT2D eigenvalue weighted by atomic mass is 35.5. The molecular weight excluding hydrogens is 538 g/mol. The summed E-state index contributed by atoms with van der Waals surface area (Å²) in [6.07, 6.45) is 5.25. The van der Waals surface area contributed by atoms with E-state index in [9.17, 15) is 4.79 Å². The zero-order chi connectivity index (χ0) is 28.9. The summed E-state index contributed by atoms with van der Waals surface area (Å²) in [5, 5.41) is 19.0. The molecule has 1 fully saturated rings. The van der Waals surface area contributed by atoms with Crippen LogP contribution >= 0.6 is 11.6 Å². The lowest BCUT2D eigenvalue weighted by Crippen LogP contribution is -2.36. The molecule has 9 nitrogen and oxygen atoms in total. The molecule has 1 aliphatic carbocycles. The summed E-state index contributed by atoms with van der Waals surface area (Å²) in [7, 11) is 5.52. The normalized spacial score (nSPS) is 17.0. The number of ether oxygens (including phenoxy) is 1. The predicted molar refractivity (Wildman–Crippen MR) is 164 cm³/mol. The van der Waals surface area contributed by atoms with Gasteiger partial charge in [0.2, 0.25) is 5.95 Å². The Balaban J connectivity index is 1.38. The minimum atomic E-state index is -0.119. The number of hydrogen-bond acceptors (Lipinski definition) is 8. The van der Waals surface area contributed by atoms with Gasteiger partial charge in [0.25, 0.3) is 5.91 Å². The summed E-state index contributed by atoms with van der Waals surface area (Å²) in [6, 6.07) is 12.9. The Hall–Kier alpha value is -3.95. The maximum atomic E-state index is 12.9. The van der Waals surface area contributed by atoms with Gasteiger partial charge in [-0.05, 0) is 81.6 Å². The van der Waals surface area contributed by atoms with E-state index in [1.807, 2.05) is 31.3 Å². The maximum absolute atomic E-state index is 12.9. The van der Waals surface area contributed by atoms with Crippen molar-refractivity contribution in [2.75, 3.05) is 46.2 Å². The average Bonchev–Trinajstić information content (AvgIpc) is 2.99. The highest BCUT2D eigenvalue weighted by Gasteiger charge is 2.26. The number of hydrogen-bond donors (Lipinski definition) is 4. The summed E-state index contributed by atoms with van der Waals surface area (Å²) in [5.41, 5.74) is 5.56. The number of carbonyl (C=O) groups excluding carboxylic acids is 1. The molecule has 214 valence electrons. The monoisotopic (exact) mass is 573 g/mol. The highest BCUT2D eigenvalue weighted by molar-refractivity contribution is 6.35. The number of likely N-dealkylation sites (tertiary alicyclic amines) is 1. The molecule has 0 radical (unpaired) electrons. The van der Waals surface area contributed by atoms with Crippen LogP contribution in [-0.2, 0) is 6.42 Å². The minimum Gasteiger partial charge on any atom is -0.495 e. The van der Waals surface area contributed by atoms with Crippen LogP contribution in [0, 0.1) is 11.3 Å². The molecular formula is C31H36ClN7O2. The molecule has 5 rings (SSSR count). The van der Waals surface area contributed by atoms with Crippen molar-refractivity contribution in [2.24, 2.45) is 5.92 Å². The lowest BCUT2D eigenvalue weighted by Gasteiger charge is -2.28. The van der Waals surface area contributed by atoms with Gasteiger partial charge in [-0.1, -0.05) is 29.8 Å². The van der Waals surface area contributed by atoms with Crippen LogP contribution in [-0.4, -0.2) is 67.3 Å². The summed E-state index contributed by atoms with van der Waals surface area (Å²) >= 11 is 6.53. The molecule has 0 spiro atoms. The molecule has 1 amide bonds. The quantitative estimate of drug-likeness (QED) is 0.299. The topological polar surface area (TPSA) is 115 Å². The lowest BCUT2D eigenvalue weighted by molar-refractivity contribution is 0.0938. The van der Waals surface area contributed by atoms with Crippen LogP contribution in [0.4, 0.5) is 11.6 Å². The van der Waals surface area contributed by atoms with Crippen molar-refractivity contribution in [1.82, 2.24) is 25.5 Å². The summed E-state index contributed by atoms with van der Waals surface area (Å²) in [5.74, 6) is 1.25. The fourth-order valence-electron chi connectivity index (χ4n) is 5.38. The second-order valence-corrected chi connectivity index (χ2v) is 10.9. The van der Waals surface area contributed by atoms with Crippen molar-refractivity contribution in [1.29, 1.82) is 5.41 Å². The average molecular weight is 574 g/mol. The molecule has 2 aliphatic rings. The van der Waals surface area contributed by atoms with E-state index in [0.717, 1.165) is 42.8 Å². The number of piperidine rings is 1. The first-order chi connectivity index (χ1) is 19.9. The smallest absolute Gasteiger partial charge is 0.251 e. The third-order valence-electron chi connectivity index (χ3n) is 7.79. The lowest BCUT2D eigenvalue weighted by atomic mass is 9.87. The van der Waals surface area contributed by atoms with Crippen molar-refractivity contribution in [2.45, 2.75) is 25.7 Å². The number of amides is 1. The van der Waals surface area contributed by atoms with Crippen molar-refractivity contribution >= 4 is 46.1 Å². The van der Waals surface area contributed by atoms with Gasteiger partial charge in [-0.3, -0.25) is 4.79 Å². The van der Waals surface area contributed by atoms with Crippen molar-refractivity contribution < 1.29 is 9.53 Å². The van der Waals surface area contributed by atoms with E-state index in [1.54, 1.807) is 31.5 Å². The minimum absolute atomic E-state index is 0.119. The summed E-state index contributed by atoms with van der Waals surface area (Å²) < 4.78 is 5.62. The van der Waals surface area contributed by atoms with Gasteiger partial charge in [0.15, 0.2) is 0 Å². The maximum Gasteiger partial charge on any atom is 0.251 e. The molecule has 2 aromatic carbocycles. The molecule has 3 aromatic rings. The molecule has 2 heterocycles. The van der Waals surface area contributed by atoms with E-state index in [2.05, 4.69) is 32.9 Å². The van der Waals surface area contributed by atoms with Gasteiger partial charge in [-0.15, -0.1) is 0 Å². The van der Waals surface area contributed by atoms with E-state index in [0.29, 0.717) is 70.3 Å². The second-order valence-electron chi connectivity index (χ2n) is 10.5. The van der Waals surface area contributed by atoms with Crippen LogP contribution in [0.1, 0.15) is 46.4 Å². The van der Waals surface area contributed by atoms with E-state index in [4.69, 9.17) is 26.7 Å². The van der Waals surface area contributed by atoms with Crippen LogP contribution in [0.15, 0.2) is 48.7 Å². The summed E-state index contributed by atoms with van der Waals surface area (Å²) in [6.45, 7) is 2.80. The zero-order valence-electron chi connectivity index (χ0n) is 23.7. The molecule has 1 aliphatic heterocycles. The number of halogens is 1. The SMILES string of the molecule is CN/C(=C1\C(=N)CCc2cnc(Nc3ccc(C(=O)NCC4CCN(C)CC4)cc3OC)nc21)c1ccccc1Cl. The molecule has 0 saturated carbocycles.